The molecule has 0 N–H and O–H groups in total. The van der Waals surface area contributed by atoms with Gasteiger partial charge < -0.3 is 0 Å². The third-order valence-corrected chi connectivity index (χ3v) is 2.36. The van der Waals surface area contributed by atoms with Crippen molar-refractivity contribution < 1.29 is 22.0 Å². The van der Waals surface area contributed by atoms with Crippen molar-refractivity contribution in [2.45, 2.75) is 30.4 Å². The van der Waals surface area contributed by atoms with E-state index in [0.29, 0.717) is 11.4 Å². The lowest BCUT2D eigenvalue weighted by Crippen LogP contribution is -2.33. The van der Waals surface area contributed by atoms with E-state index in [1.165, 1.54) is 19.9 Å². The molecule has 1 rings (SSSR count). The van der Waals surface area contributed by atoms with Crippen LogP contribution < -0.4 is 0 Å². The van der Waals surface area contributed by atoms with Gasteiger partial charge in [0.05, 0.1) is 0 Å². The molecule has 2 nitrogen and oxygen atoms in total. The van der Waals surface area contributed by atoms with Gasteiger partial charge in [0, 0.05) is 11.4 Å². The van der Waals surface area contributed by atoms with Crippen molar-refractivity contribution in [3.8, 4) is 0 Å². The Hall–Kier alpha value is -0.920. The maximum Gasteiger partial charge on any atom is 0.464 e. The molecule has 0 unspecified atom stereocenters. The number of halogens is 5. The summed E-state index contributed by atoms with van der Waals surface area (Å²) in [5, 5.41) is -5.47. The lowest BCUT2D eigenvalue weighted by atomic mass is 10.4. The Kier molecular flexibility index (Phi) is 3.41. The van der Waals surface area contributed by atoms with E-state index in [1.54, 1.807) is 0 Å². The van der Waals surface area contributed by atoms with Crippen molar-refractivity contribution in [3.05, 3.63) is 17.5 Å². The number of hydrogen-bond acceptors (Lipinski definition) is 3. The topological polar surface area (TPSA) is 25.8 Å². The first-order valence-corrected chi connectivity index (χ1v) is 4.89. The molecule has 90 valence electrons. The molecule has 0 radical (unpaired) electrons. The summed E-state index contributed by atoms with van der Waals surface area (Å²) in [4.78, 5) is 7.01. The van der Waals surface area contributed by atoms with Crippen LogP contribution in [0, 0.1) is 13.8 Å². The molecule has 0 saturated heterocycles. The van der Waals surface area contributed by atoms with Gasteiger partial charge in [-0.15, -0.1) is 0 Å². The maximum atomic E-state index is 12.6. The Labute approximate surface area is 92.3 Å². The number of aromatic nitrogens is 2. The van der Waals surface area contributed by atoms with E-state index in [0.717, 1.165) is 0 Å². The number of nitrogens with zero attached hydrogens (tertiary/aromatic N) is 2. The van der Waals surface area contributed by atoms with Gasteiger partial charge in [-0.2, -0.15) is 22.0 Å². The number of rotatable bonds is 2. The van der Waals surface area contributed by atoms with Gasteiger partial charge in [-0.1, -0.05) is 0 Å². The highest BCUT2D eigenvalue weighted by molar-refractivity contribution is 8.00. The molecule has 0 bridgehead atoms. The normalized spacial score (nSPS) is 12.9. The Balaban J connectivity index is 2.96. The summed E-state index contributed by atoms with van der Waals surface area (Å²) in [7, 11) is 0. The van der Waals surface area contributed by atoms with Crippen LogP contribution in [0.4, 0.5) is 22.0 Å². The summed E-state index contributed by atoms with van der Waals surface area (Å²) in [6, 6.07) is 1.48. The lowest BCUT2D eigenvalue weighted by molar-refractivity contribution is -0.237. The molecule has 1 heterocycles. The summed E-state index contributed by atoms with van der Waals surface area (Å²) in [6.07, 6.45) is -5.61. The number of alkyl halides is 5. The molecule has 16 heavy (non-hydrogen) atoms. The quantitative estimate of drug-likeness (QED) is 0.462. The fourth-order valence-corrected chi connectivity index (χ4v) is 1.64. The third-order valence-electron chi connectivity index (χ3n) is 1.51. The van der Waals surface area contributed by atoms with Crippen LogP contribution in [0.2, 0.25) is 0 Å². The van der Waals surface area contributed by atoms with E-state index in [1.807, 2.05) is 0 Å². The molecular weight excluding hydrogens is 251 g/mol. The van der Waals surface area contributed by atoms with Gasteiger partial charge in [0.25, 0.3) is 0 Å². The zero-order valence-electron chi connectivity index (χ0n) is 8.27. The standard InChI is InChI=1S/C8H7F5N2S/c1-4-3-5(2)15-6(14-4)16-8(12,13)7(9,10)11/h3H,1-2H3. The Bertz CT molecular complexity index is 370. The summed E-state index contributed by atoms with van der Waals surface area (Å²) in [5.74, 6) is 0. The molecule has 0 amide bonds. The molecule has 0 fully saturated rings. The fourth-order valence-electron chi connectivity index (χ4n) is 0.912. The Morgan fingerprint density at radius 1 is 1.00 bits per heavy atom. The van der Waals surface area contributed by atoms with Gasteiger partial charge in [-0.05, 0) is 31.7 Å². The summed E-state index contributed by atoms with van der Waals surface area (Å²) in [6.45, 7) is 2.98. The molecule has 0 saturated carbocycles. The van der Waals surface area contributed by atoms with E-state index in [2.05, 4.69) is 9.97 Å². The first-order valence-electron chi connectivity index (χ1n) is 4.07. The van der Waals surface area contributed by atoms with Gasteiger partial charge >= 0.3 is 11.4 Å². The molecule has 0 atom stereocenters. The summed E-state index contributed by atoms with van der Waals surface area (Å²) >= 11 is -0.699. The molecule has 8 heteroatoms. The van der Waals surface area contributed by atoms with Crippen LogP contribution in [-0.4, -0.2) is 21.4 Å². The molecule has 0 aromatic carbocycles. The fraction of sp³-hybridized carbons (Fsp3) is 0.500. The molecule has 0 aliphatic heterocycles. The minimum atomic E-state index is -5.61. The number of aryl methyl sites for hydroxylation is 2. The second-order valence-electron chi connectivity index (χ2n) is 3.05. The predicted octanol–water partition coefficient (Wildman–Crippen LogP) is 3.34. The molecule has 1 aromatic heterocycles. The largest absolute Gasteiger partial charge is 0.464 e. The third kappa shape index (κ3) is 3.03. The van der Waals surface area contributed by atoms with Gasteiger partial charge in [-0.3, -0.25) is 0 Å². The van der Waals surface area contributed by atoms with Crippen LogP contribution in [-0.2, 0) is 0 Å². The van der Waals surface area contributed by atoms with Crippen molar-refractivity contribution in [2.75, 3.05) is 0 Å². The van der Waals surface area contributed by atoms with Crippen LogP contribution in [0.3, 0.4) is 0 Å². The lowest BCUT2D eigenvalue weighted by Gasteiger charge is -2.17. The van der Waals surface area contributed by atoms with Gasteiger partial charge in [0.2, 0.25) is 0 Å². The molecule has 1 aromatic rings. The Morgan fingerprint density at radius 3 is 1.81 bits per heavy atom. The minimum absolute atomic E-state index is 0.341. The highest BCUT2D eigenvalue weighted by atomic mass is 32.2. The molecule has 0 aliphatic carbocycles. The average Bonchev–Trinajstić information content (AvgIpc) is 1.97. The zero-order chi connectivity index (χ0) is 12.6. The van der Waals surface area contributed by atoms with Crippen molar-refractivity contribution in [2.24, 2.45) is 0 Å². The van der Waals surface area contributed by atoms with Crippen molar-refractivity contribution in [3.63, 3.8) is 0 Å². The van der Waals surface area contributed by atoms with Gasteiger partial charge in [0.1, 0.15) is 0 Å². The van der Waals surface area contributed by atoms with E-state index < -0.39 is 28.3 Å². The minimum Gasteiger partial charge on any atom is -0.228 e. The average molecular weight is 258 g/mol. The SMILES string of the molecule is Cc1cc(C)nc(SC(F)(F)C(F)(F)F)n1. The van der Waals surface area contributed by atoms with Crippen LogP contribution in [0.1, 0.15) is 11.4 Å². The van der Waals surface area contributed by atoms with Gasteiger partial charge in [-0.25, -0.2) is 9.97 Å². The van der Waals surface area contributed by atoms with E-state index in [9.17, 15) is 22.0 Å². The highest BCUT2D eigenvalue weighted by Crippen LogP contribution is 2.46. The summed E-state index contributed by atoms with van der Waals surface area (Å²) in [5.41, 5.74) is 0.681. The zero-order valence-corrected chi connectivity index (χ0v) is 9.09. The van der Waals surface area contributed by atoms with Gasteiger partial charge in [0.15, 0.2) is 5.16 Å². The number of thioether (sulfide) groups is 1. The highest BCUT2D eigenvalue weighted by Gasteiger charge is 2.59. The predicted molar refractivity (Wildman–Crippen MR) is 48.4 cm³/mol. The van der Waals surface area contributed by atoms with Crippen LogP contribution in [0.25, 0.3) is 0 Å². The first kappa shape index (κ1) is 13.1. The molecular formula is C8H7F5N2S. The van der Waals surface area contributed by atoms with Crippen LogP contribution >= 0.6 is 11.8 Å². The van der Waals surface area contributed by atoms with E-state index in [4.69, 9.17) is 0 Å². The first-order chi connectivity index (χ1) is 7.12. The smallest absolute Gasteiger partial charge is 0.228 e. The van der Waals surface area contributed by atoms with Crippen molar-refractivity contribution >= 4 is 11.8 Å². The van der Waals surface area contributed by atoms with Crippen LogP contribution in [0.5, 0.6) is 0 Å². The van der Waals surface area contributed by atoms with E-state index in [-0.39, 0.29) is 0 Å². The second kappa shape index (κ2) is 4.15. The molecule has 0 aliphatic rings. The van der Waals surface area contributed by atoms with Crippen LogP contribution in [0.15, 0.2) is 11.2 Å². The maximum absolute atomic E-state index is 12.6. The van der Waals surface area contributed by atoms with E-state index >= 15 is 0 Å². The second-order valence-corrected chi connectivity index (χ2v) is 4.13. The monoisotopic (exact) mass is 258 g/mol. The van der Waals surface area contributed by atoms with Crippen molar-refractivity contribution in [1.82, 2.24) is 9.97 Å². The van der Waals surface area contributed by atoms with Crippen molar-refractivity contribution in [1.29, 1.82) is 0 Å². The Morgan fingerprint density at radius 2 is 1.44 bits per heavy atom. The summed E-state index contributed by atoms with van der Waals surface area (Å²) < 4.78 is 61.0. The molecule has 0 spiro atoms. The number of hydrogen-bond donors (Lipinski definition) is 0.